The van der Waals surface area contributed by atoms with E-state index in [0.717, 1.165) is 16.7 Å². The first-order valence-corrected chi connectivity index (χ1v) is 9.65. The molecule has 0 fully saturated rings. The molecule has 1 aliphatic heterocycles. The van der Waals surface area contributed by atoms with E-state index in [-0.39, 0.29) is 11.3 Å². The van der Waals surface area contributed by atoms with E-state index in [1.165, 1.54) is 6.20 Å². The molecular weight excluding hydrogens is 404 g/mol. The Bertz CT molecular complexity index is 1180. The predicted octanol–water partition coefficient (Wildman–Crippen LogP) is 4.39. The fraction of sp³-hybridized carbons (Fsp3) is 0.136. The number of rotatable bonds is 4. The number of carboxylic acids is 1. The number of nitrogens with zero attached hydrogens (tertiary/aromatic N) is 2. The maximum absolute atomic E-state index is 12.9. The van der Waals surface area contributed by atoms with Crippen LogP contribution in [0.25, 0.3) is 0 Å². The highest BCUT2D eigenvalue weighted by Crippen LogP contribution is 2.32. The van der Waals surface area contributed by atoms with Gasteiger partial charge < -0.3 is 15.7 Å². The van der Waals surface area contributed by atoms with Crippen molar-refractivity contribution in [2.75, 3.05) is 10.6 Å². The first kappa shape index (κ1) is 19.7. The van der Waals surface area contributed by atoms with E-state index in [9.17, 15) is 14.7 Å². The van der Waals surface area contributed by atoms with Crippen LogP contribution >= 0.6 is 11.6 Å². The van der Waals surface area contributed by atoms with Crippen molar-refractivity contribution in [1.82, 2.24) is 9.78 Å². The molecule has 0 saturated heterocycles. The number of aryl methyl sites for hydroxylation is 2. The zero-order chi connectivity index (χ0) is 21.4. The molecule has 3 N–H and O–H groups in total. The highest BCUT2D eigenvalue weighted by atomic mass is 35.5. The summed E-state index contributed by atoms with van der Waals surface area (Å²) in [5.41, 5.74) is 3.61. The number of benzene rings is 2. The molecular formula is C22H19ClN4O3. The van der Waals surface area contributed by atoms with Crippen LogP contribution in [0.15, 0.2) is 60.4 Å². The lowest BCUT2D eigenvalue weighted by atomic mass is 10.0. The normalized spacial score (nSPS) is 15.0. The van der Waals surface area contributed by atoms with Crippen molar-refractivity contribution in [3.05, 3.63) is 87.7 Å². The van der Waals surface area contributed by atoms with Crippen LogP contribution in [0.5, 0.6) is 0 Å². The number of allylic oxidation sites excluding steroid dienone is 1. The molecule has 4 rings (SSSR count). The van der Waals surface area contributed by atoms with Gasteiger partial charge in [0.15, 0.2) is 0 Å². The lowest BCUT2D eigenvalue weighted by Crippen LogP contribution is -2.25. The van der Waals surface area contributed by atoms with E-state index in [2.05, 4.69) is 15.7 Å². The third-order valence-electron chi connectivity index (χ3n) is 4.96. The molecule has 2 aromatic carbocycles. The van der Waals surface area contributed by atoms with Crippen molar-refractivity contribution in [2.45, 2.75) is 19.9 Å². The highest BCUT2D eigenvalue weighted by Gasteiger charge is 2.29. The molecule has 1 atom stereocenters. The molecule has 0 aliphatic carbocycles. The zero-order valence-corrected chi connectivity index (χ0v) is 17.1. The van der Waals surface area contributed by atoms with E-state index in [0.29, 0.717) is 16.5 Å². The van der Waals surface area contributed by atoms with Gasteiger partial charge in [0, 0.05) is 10.7 Å². The number of nitrogens with one attached hydrogen (secondary N) is 2. The van der Waals surface area contributed by atoms with Gasteiger partial charge in [0.25, 0.3) is 5.91 Å². The summed E-state index contributed by atoms with van der Waals surface area (Å²) in [6.07, 6.45) is 3.00. The van der Waals surface area contributed by atoms with Crippen molar-refractivity contribution >= 4 is 35.0 Å². The Balaban J connectivity index is 1.70. The zero-order valence-electron chi connectivity index (χ0n) is 16.3. The van der Waals surface area contributed by atoms with Gasteiger partial charge in [-0.3, -0.25) is 4.79 Å². The minimum atomic E-state index is -1.11. The second-order valence-corrected chi connectivity index (χ2v) is 7.54. The maximum atomic E-state index is 12.9. The summed E-state index contributed by atoms with van der Waals surface area (Å²) in [5, 5.41) is 20.1. The Morgan fingerprint density at radius 1 is 1.17 bits per heavy atom. The molecule has 3 aromatic rings. The average molecular weight is 423 g/mol. The quantitative estimate of drug-likeness (QED) is 0.579. The Morgan fingerprint density at radius 3 is 2.57 bits per heavy atom. The van der Waals surface area contributed by atoms with Crippen LogP contribution in [0.3, 0.4) is 0 Å². The van der Waals surface area contributed by atoms with E-state index in [1.807, 2.05) is 44.2 Å². The fourth-order valence-corrected chi connectivity index (χ4v) is 3.44. The van der Waals surface area contributed by atoms with Crippen LogP contribution in [0.2, 0.25) is 5.02 Å². The standard InChI is InChI=1S/C22H19ClN4O3/c1-12-3-6-14(7-4-12)19-10-18(22(29)30)26-20-16(11-24-27(19)20)21(28)25-15-8-5-13(2)17(23)9-15/h3-11,19,26H,1-2H3,(H,25,28)(H,29,30)/t19-/m0/s1. The van der Waals surface area contributed by atoms with Crippen molar-refractivity contribution in [1.29, 1.82) is 0 Å². The molecule has 1 aromatic heterocycles. The number of carboxylic acid groups (broad SMARTS) is 1. The summed E-state index contributed by atoms with van der Waals surface area (Å²) in [4.78, 5) is 24.6. The molecule has 1 aliphatic rings. The summed E-state index contributed by atoms with van der Waals surface area (Å²) in [5.74, 6) is -1.22. The third-order valence-corrected chi connectivity index (χ3v) is 5.37. The Morgan fingerprint density at radius 2 is 1.90 bits per heavy atom. The van der Waals surface area contributed by atoms with Crippen LogP contribution in [-0.2, 0) is 4.79 Å². The van der Waals surface area contributed by atoms with Crippen LogP contribution in [-0.4, -0.2) is 26.8 Å². The van der Waals surface area contributed by atoms with Gasteiger partial charge in [-0.25, -0.2) is 9.48 Å². The SMILES string of the molecule is Cc1ccc([C@@H]2C=C(C(=O)O)Nc3c(C(=O)Nc4ccc(C)c(Cl)c4)cnn32)cc1. The smallest absolute Gasteiger partial charge is 0.352 e. The van der Waals surface area contributed by atoms with Crippen molar-refractivity contribution in [2.24, 2.45) is 0 Å². The van der Waals surface area contributed by atoms with Gasteiger partial charge in [-0.2, -0.15) is 5.10 Å². The summed E-state index contributed by atoms with van der Waals surface area (Å²) >= 11 is 6.14. The van der Waals surface area contributed by atoms with Crippen molar-refractivity contribution in [3.8, 4) is 0 Å². The number of aliphatic carboxylic acids is 1. The fourth-order valence-electron chi connectivity index (χ4n) is 3.26. The predicted molar refractivity (Wildman–Crippen MR) is 115 cm³/mol. The Hall–Kier alpha value is -3.58. The molecule has 0 bridgehead atoms. The third kappa shape index (κ3) is 3.67. The van der Waals surface area contributed by atoms with Crippen molar-refractivity contribution < 1.29 is 14.7 Å². The first-order valence-electron chi connectivity index (χ1n) is 9.27. The van der Waals surface area contributed by atoms with Gasteiger partial charge in [-0.05, 0) is 43.2 Å². The number of carbonyl (C=O) groups excluding carboxylic acids is 1. The summed E-state index contributed by atoms with van der Waals surface area (Å²) in [7, 11) is 0. The Kier molecular flexibility index (Phi) is 5.05. The average Bonchev–Trinajstić information content (AvgIpc) is 3.15. The summed E-state index contributed by atoms with van der Waals surface area (Å²) in [6.45, 7) is 3.85. The number of halogens is 1. The molecule has 7 nitrogen and oxygen atoms in total. The number of amides is 1. The lowest BCUT2D eigenvalue weighted by molar-refractivity contribution is -0.132. The van der Waals surface area contributed by atoms with Gasteiger partial charge in [-0.1, -0.05) is 47.5 Å². The number of hydrogen-bond donors (Lipinski definition) is 3. The second kappa shape index (κ2) is 7.68. The topological polar surface area (TPSA) is 96.2 Å². The second-order valence-electron chi connectivity index (χ2n) is 7.14. The van der Waals surface area contributed by atoms with E-state index in [1.54, 1.807) is 22.9 Å². The van der Waals surface area contributed by atoms with E-state index < -0.39 is 17.9 Å². The van der Waals surface area contributed by atoms with E-state index >= 15 is 0 Å². The van der Waals surface area contributed by atoms with Crippen LogP contribution in [0.4, 0.5) is 11.5 Å². The number of aromatic nitrogens is 2. The minimum absolute atomic E-state index is 0.0130. The van der Waals surface area contributed by atoms with Crippen molar-refractivity contribution in [3.63, 3.8) is 0 Å². The van der Waals surface area contributed by atoms with Crippen LogP contribution in [0.1, 0.15) is 33.1 Å². The molecule has 1 amide bonds. The molecule has 152 valence electrons. The van der Waals surface area contributed by atoms with Gasteiger partial charge in [0.05, 0.1) is 12.2 Å². The van der Waals surface area contributed by atoms with Gasteiger partial charge >= 0.3 is 5.97 Å². The van der Waals surface area contributed by atoms with Crippen LogP contribution < -0.4 is 10.6 Å². The summed E-state index contributed by atoms with van der Waals surface area (Å²) in [6, 6.07) is 12.5. The molecule has 2 heterocycles. The van der Waals surface area contributed by atoms with E-state index in [4.69, 9.17) is 11.6 Å². The number of carbonyl (C=O) groups is 2. The largest absolute Gasteiger partial charge is 0.477 e. The molecule has 0 radical (unpaired) electrons. The van der Waals surface area contributed by atoms with Crippen LogP contribution in [0, 0.1) is 13.8 Å². The molecule has 8 heteroatoms. The minimum Gasteiger partial charge on any atom is -0.477 e. The maximum Gasteiger partial charge on any atom is 0.352 e. The molecule has 0 spiro atoms. The highest BCUT2D eigenvalue weighted by molar-refractivity contribution is 6.31. The number of hydrogen-bond acceptors (Lipinski definition) is 4. The van der Waals surface area contributed by atoms with Gasteiger partial charge in [0.1, 0.15) is 17.1 Å². The summed E-state index contributed by atoms with van der Waals surface area (Å²) < 4.78 is 1.61. The molecule has 30 heavy (non-hydrogen) atoms. The number of anilines is 2. The monoisotopic (exact) mass is 422 g/mol. The van der Waals surface area contributed by atoms with Gasteiger partial charge in [0.2, 0.25) is 0 Å². The Labute approximate surface area is 178 Å². The first-order chi connectivity index (χ1) is 14.3. The molecule has 0 saturated carbocycles. The van der Waals surface area contributed by atoms with Gasteiger partial charge in [-0.15, -0.1) is 0 Å². The lowest BCUT2D eigenvalue weighted by Gasteiger charge is -2.24. The molecule has 0 unspecified atom stereocenters. The number of fused-ring (bicyclic) bond motifs is 1.